The van der Waals surface area contributed by atoms with Gasteiger partial charge in [-0.3, -0.25) is 0 Å². The van der Waals surface area contributed by atoms with Gasteiger partial charge in [-0.1, -0.05) is 11.3 Å². The highest BCUT2D eigenvalue weighted by molar-refractivity contribution is 7.15. The van der Waals surface area contributed by atoms with Gasteiger partial charge in [0.15, 0.2) is 0 Å². The summed E-state index contributed by atoms with van der Waals surface area (Å²) in [7, 11) is 0. The molecule has 4 nitrogen and oxygen atoms in total. The van der Waals surface area contributed by atoms with Crippen LogP contribution < -0.4 is 4.90 Å². The van der Waals surface area contributed by atoms with E-state index < -0.39 is 11.2 Å². The third-order valence-electron chi connectivity index (χ3n) is 2.35. The SMILES string of the molecule is N#CCCN(c1nnc(C(F)(F)F)s1)C1CC1. The molecule has 1 aromatic heterocycles. The monoisotopic (exact) mass is 262 g/mol. The van der Waals surface area contributed by atoms with Crippen LogP contribution in [-0.2, 0) is 6.18 Å². The van der Waals surface area contributed by atoms with Crippen LogP contribution in [0, 0.1) is 11.3 Å². The van der Waals surface area contributed by atoms with E-state index in [1.165, 1.54) is 0 Å². The maximum atomic E-state index is 12.4. The lowest BCUT2D eigenvalue weighted by Gasteiger charge is -2.18. The highest BCUT2D eigenvalue weighted by Gasteiger charge is 2.38. The van der Waals surface area contributed by atoms with E-state index in [0.29, 0.717) is 17.9 Å². The number of halogens is 3. The largest absolute Gasteiger partial charge is 0.445 e. The van der Waals surface area contributed by atoms with Crippen LogP contribution in [0.4, 0.5) is 18.3 Å². The first-order chi connectivity index (χ1) is 8.02. The van der Waals surface area contributed by atoms with Crippen LogP contribution in [-0.4, -0.2) is 22.8 Å². The van der Waals surface area contributed by atoms with Crippen molar-refractivity contribution in [2.75, 3.05) is 11.4 Å². The number of aromatic nitrogens is 2. The Hall–Kier alpha value is -1.36. The first-order valence-corrected chi connectivity index (χ1v) is 5.88. The number of nitrogens with zero attached hydrogens (tertiary/aromatic N) is 4. The highest BCUT2D eigenvalue weighted by atomic mass is 32.1. The average molecular weight is 262 g/mol. The zero-order valence-corrected chi connectivity index (χ0v) is 9.55. The maximum absolute atomic E-state index is 12.4. The third-order valence-corrected chi connectivity index (χ3v) is 3.36. The normalized spacial score (nSPS) is 15.6. The molecule has 1 aliphatic rings. The summed E-state index contributed by atoms with van der Waals surface area (Å²) in [6.45, 7) is 0.410. The molecule has 0 unspecified atom stereocenters. The average Bonchev–Trinajstić information content (AvgIpc) is 2.94. The Morgan fingerprint density at radius 1 is 1.41 bits per heavy atom. The molecule has 1 fully saturated rings. The second-order valence-corrected chi connectivity index (χ2v) is 4.68. The van der Waals surface area contributed by atoms with E-state index in [-0.39, 0.29) is 17.6 Å². The summed E-state index contributed by atoms with van der Waals surface area (Å²) in [6, 6.07) is 2.20. The zero-order valence-electron chi connectivity index (χ0n) is 8.74. The van der Waals surface area contributed by atoms with Gasteiger partial charge in [-0.25, -0.2) is 0 Å². The van der Waals surface area contributed by atoms with E-state index in [9.17, 15) is 13.2 Å². The third kappa shape index (κ3) is 2.85. The van der Waals surface area contributed by atoms with Crippen LogP contribution in [0.25, 0.3) is 0 Å². The molecule has 0 N–H and O–H groups in total. The molecule has 8 heteroatoms. The Morgan fingerprint density at radius 3 is 2.59 bits per heavy atom. The summed E-state index contributed by atoms with van der Waals surface area (Å²) in [4.78, 5) is 1.75. The maximum Gasteiger partial charge on any atom is 0.445 e. The molecule has 1 saturated carbocycles. The molecule has 0 radical (unpaired) electrons. The molecule has 0 amide bonds. The van der Waals surface area contributed by atoms with Crippen molar-refractivity contribution in [2.24, 2.45) is 0 Å². The van der Waals surface area contributed by atoms with Gasteiger partial charge in [-0.2, -0.15) is 18.4 Å². The van der Waals surface area contributed by atoms with Crippen LogP contribution >= 0.6 is 11.3 Å². The van der Waals surface area contributed by atoms with Gasteiger partial charge in [0.05, 0.1) is 12.5 Å². The van der Waals surface area contributed by atoms with Crippen LogP contribution in [0.5, 0.6) is 0 Å². The van der Waals surface area contributed by atoms with Crippen LogP contribution in [0.1, 0.15) is 24.3 Å². The van der Waals surface area contributed by atoms with E-state index in [1.807, 2.05) is 6.07 Å². The fourth-order valence-electron chi connectivity index (χ4n) is 1.44. The van der Waals surface area contributed by atoms with E-state index >= 15 is 0 Å². The van der Waals surface area contributed by atoms with E-state index in [4.69, 9.17) is 5.26 Å². The molecule has 0 aliphatic heterocycles. The van der Waals surface area contributed by atoms with Gasteiger partial charge in [0.25, 0.3) is 0 Å². The number of nitriles is 1. The highest BCUT2D eigenvalue weighted by Crippen LogP contribution is 2.38. The van der Waals surface area contributed by atoms with Crippen LogP contribution in [0.3, 0.4) is 0 Å². The Balaban J connectivity index is 2.13. The van der Waals surface area contributed by atoms with Gasteiger partial charge in [0.1, 0.15) is 0 Å². The molecule has 1 aliphatic carbocycles. The summed E-state index contributed by atoms with van der Waals surface area (Å²) in [5.74, 6) is 0. The first kappa shape index (κ1) is 12.1. The number of hydrogen-bond acceptors (Lipinski definition) is 5. The topological polar surface area (TPSA) is 52.8 Å². The van der Waals surface area contributed by atoms with Gasteiger partial charge >= 0.3 is 6.18 Å². The predicted octanol–water partition coefficient (Wildman–Crippen LogP) is 2.44. The summed E-state index contributed by atoms with van der Waals surface area (Å²) in [5, 5.41) is 14.5. The van der Waals surface area contributed by atoms with E-state index in [0.717, 1.165) is 12.8 Å². The fourth-order valence-corrected chi connectivity index (χ4v) is 2.25. The van der Waals surface area contributed by atoms with Crippen molar-refractivity contribution in [3.8, 4) is 6.07 Å². The molecule has 0 saturated heterocycles. The van der Waals surface area contributed by atoms with Crippen molar-refractivity contribution in [1.82, 2.24) is 10.2 Å². The number of hydrogen-bond donors (Lipinski definition) is 0. The minimum absolute atomic E-state index is 0.220. The van der Waals surface area contributed by atoms with Gasteiger partial charge < -0.3 is 4.90 Å². The van der Waals surface area contributed by atoms with Crippen molar-refractivity contribution in [1.29, 1.82) is 5.26 Å². The van der Waals surface area contributed by atoms with Gasteiger partial charge in [0.2, 0.25) is 10.1 Å². The molecule has 0 spiro atoms. The molecule has 2 rings (SSSR count). The van der Waals surface area contributed by atoms with Crippen molar-refractivity contribution in [3.05, 3.63) is 5.01 Å². The minimum atomic E-state index is -4.44. The van der Waals surface area contributed by atoms with Gasteiger partial charge in [-0.05, 0) is 12.8 Å². The molecule has 92 valence electrons. The zero-order chi connectivity index (χ0) is 12.5. The summed E-state index contributed by atoms with van der Waals surface area (Å²) in [5.41, 5.74) is 0. The Bertz CT molecular complexity index is 432. The molecule has 0 bridgehead atoms. The van der Waals surface area contributed by atoms with E-state index in [1.54, 1.807) is 4.90 Å². The smallest absolute Gasteiger partial charge is 0.343 e. The van der Waals surface area contributed by atoms with Crippen molar-refractivity contribution in [2.45, 2.75) is 31.5 Å². The Morgan fingerprint density at radius 2 is 2.12 bits per heavy atom. The number of anilines is 1. The minimum Gasteiger partial charge on any atom is -0.343 e. The number of alkyl halides is 3. The second-order valence-electron chi connectivity index (χ2n) is 3.72. The number of rotatable bonds is 4. The summed E-state index contributed by atoms with van der Waals surface area (Å²) in [6.07, 6.45) is -2.30. The lowest BCUT2D eigenvalue weighted by atomic mass is 10.4. The lowest BCUT2D eigenvalue weighted by molar-refractivity contribution is -0.138. The van der Waals surface area contributed by atoms with E-state index in [2.05, 4.69) is 10.2 Å². The fraction of sp³-hybridized carbons (Fsp3) is 0.667. The standard InChI is InChI=1S/C9H9F3N4S/c10-9(11,12)7-14-15-8(17-7)16(5-1-4-13)6-2-3-6/h6H,1-3,5H2. The van der Waals surface area contributed by atoms with Crippen molar-refractivity contribution >= 4 is 16.5 Å². The van der Waals surface area contributed by atoms with Crippen LogP contribution in [0.15, 0.2) is 0 Å². The molecule has 1 aromatic rings. The van der Waals surface area contributed by atoms with Crippen LogP contribution in [0.2, 0.25) is 0 Å². The molecule has 1 heterocycles. The molecule has 0 atom stereocenters. The van der Waals surface area contributed by atoms with Gasteiger partial charge in [-0.15, -0.1) is 10.2 Å². The molecule has 17 heavy (non-hydrogen) atoms. The summed E-state index contributed by atoms with van der Waals surface area (Å²) >= 11 is 0.536. The van der Waals surface area contributed by atoms with Crippen molar-refractivity contribution < 1.29 is 13.2 Å². The predicted molar refractivity (Wildman–Crippen MR) is 55.5 cm³/mol. The molecular weight excluding hydrogens is 253 g/mol. The quantitative estimate of drug-likeness (QED) is 0.836. The lowest BCUT2D eigenvalue weighted by Crippen LogP contribution is -2.26. The first-order valence-electron chi connectivity index (χ1n) is 5.06. The Labute approximate surface area is 99.7 Å². The second kappa shape index (κ2) is 4.49. The van der Waals surface area contributed by atoms with Crippen molar-refractivity contribution in [3.63, 3.8) is 0 Å². The Kier molecular flexibility index (Phi) is 3.19. The molecule has 0 aromatic carbocycles. The molecular formula is C9H9F3N4S. The van der Waals surface area contributed by atoms with Gasteiger partial charge in [0, 0.05) is 12.6 Å². The summed E-state index contributed by atoms with van der Waals surface area (Å²) < 4.78 is 37.1.